The highest BCUT2D eigenvalue weighted by Gasteiger charge is 2.26. The number of hydrogen-bond acceptors (Lipinski definition) is 7. The maximum Gasteiger partial charge on any atom is 0.257 e. The summed E-state index contributed by atoms with van der Waals surface area (Å²) in [6, 6.07) is 14.9. The molecule has 0 radical (unpaired) electrons. The SMILES string of the molecule is COc1ccccc1C(=O)N1CCN(c2ncnc3c(-c4ccc(Cl)cc4)nsc23)CC1. The van der Waals surface area contributed by atoms with Crippen LogP contribution in [-0.4, -0.2) is 58.4 Å². The first-order valence-corrected chi connectivity index (χ1v) is 11.3. The molecule has 162 valence electrons. The van der Waals surface area contributed by atoms with Gasteiger partial charge in [-0.25, -0.2) is 9.97 Å². The van der Waals surface area contributed by atoms with E-state index in [2.05, 4.69) is 19.2 Å². The molecule has 1 aliphatic heterocycles. The number of benzene rings is 2. The Morgan fingerprint density at radius 1 is 1.03 bits per heavy atom. The molecule has 2 aromatic heterocycles. The topological polar surface area (TPSA) is 71.5 Å². The van der Waals surface area contributed by atoms with Gasteiger partial charge in [-0.3, -0.25) is 4.79 Å². The number of piperazine rings is 1. The zero-order valence-electron chi connectivity index (χ0n) is 17.4. The maximum atomic E-state index is 13.0. The fourth-order valence-electron chi connectivity index (χ4n) is 3.89. The molecule has 5 rings (SSSR count). The molecule has 1 fully saturated rings. The molecule has 0 unspecified atom stereocenters. The summed E-state index contributed by atoms with van der Waals surface area (Å²) in [6.45, 7) is 2.57. The van der Waals surface area contributed by atoms with Crippen molar-refractivity contribution in [3.63, 3.8) is 0 Å². The van der Waals surface area contributed by atoms with Gasteiger partial charge in [0.05, 0.1) is 12.7 Å². The van der Waals surface area contributed by atoms with Crippen LogP contribution in [-0.2, 0) is 0 Å². The lowest BCUT2D eigenvalue weighted by atomic mass is 10.1. The Hall–Kier alpha value is -3.23. The molecule has 0 aliphatic carbocycles. The van der Waals surface area contributed by atoms with Gasteiger partial charge in [0.1, 0.15) is 28.0 Å². The molecule has 1 aliphatic rings. The van der Waals surface area contributed by atoms with Crippen molar-refractivity contribution < 1.29 is 9.53 Å². The van der Waals surface area contributed by atoms with Gasteiger partial charge in [-0.05, 0) is 35.8 Å². The minimum absolute atomic E-state index is 0.0160. The lowest BCUT2D eigenvalue weighted by molar-refractivity contribution is 0.0743. The van der Waals surface area contributed by atoms with Crippen molar-refractivity contribution in [3.8, 4) is 17.0 Å². The van der Waals surface area contributed by atoms with Gasteiger partial charge in [0.2, 0.25) is 0 Å². The molecule has 32 heavy (non-hydrogen) atoms. The Labute approximate surface area is 194 Å². The number of fused-ring (bicyclic) bond motifs is 1. The summed E-state index contributed by atoms with van der Waals surface area (Å²) in [5.41, 5.74) is 3.21. The van der Waals surface area contributed by atoms with Crippen LogP contribution in [0.1, 0.15) is 10.4 Å². The maximum absolute atomic E-state index is 13.0. The van der Waals surface area contributed by atoms with Crippen LogP contribution in [0, 0.1) is 0 Å². The number of hydrogen-bond donors (Lipinski definition) is 0. The van der Waals surface area contributed by atoms with Crippen LogP contribution in [0.3, 0.4) is 0 Å². The average Bonchev–Trinajstić information content (AvgIpc) is 3.28. The molecular formula is C23H20ClN5O2S. The van der Waals surface area contributed by atoms with Gasteiger partial charge in [-0.1, -0.05) is 35.9 Å². The Bertz CT molecular complexity index is 1270. The summed E-state index contributed by atoms with van der Waals surface area (Å²) in [6.07, 6.45) is 1.58. The van der Waals surface area contributed by atoms with E-state index in [1.165, 1.54) is 11.5 Å². The number of para-hydroxylation sites is 1. The summed E-state index contributed by atoms with van der Waals surface area (Å²) >= 11 is 7.42. The molecule has 0 spiro atoms. The van der Waals surface area contributed by atoms with Crippen molar-refractivity contribution in [3.05, 3.63) is 65.4 Å². The normalized spacial score (nSPS) is 14.1. The van der Waals surface area contributed by atoms with Crippen LogP contribution in [0.15, 0.2) is 54.9 Å². The molecule has 0 atom stereocenters. The highest BCUT2D eigenvalue weighted by molar-refractivity contribution is 7.14. The summed E-state index contributed by atoms with van der Waals surface area (Å²) in [7, 11) is 1.58. The monoisotopic (exact) mass is 465 g/mol. The molecule has 0 N–H and O–H groups in total. The zero-order chi connectivity index (χ0) is 22.1. The second kappa shape index (κ2) is 8.72. The molecular weight excluding hydrogens is 446 g/mol. The van der Waals surface area contributed by atoms with Crippen molar-refractivity contribution in [2.24, 2.45) is 0 Å². The van der Waals surface area contributed by atoms with Crippen molar-refractivity contribution in [1.82, 2.24) is 19.2 Å². The molecule has 4 aromatic rings. The van der Waals surface area contributed by atoms with Crippen LogP contribution in [0.25, 0.3) is 21.5 Å². The van der Waals surface area contributed by atoms with Gasteiger partial charge >= 0.3 is 0 Å². The lowest BCUT2D eigenvalue weighted by Crippen LogP contribution is -2.49. The van der Waals surface area contributed by atoms with Crippen molar-refractivity contribution in [2.45, 2.75) is 0 Å². The van der Waals surface area contributed by atoms with Crippen molar-refractivity contribution >= 4 is 45.1 Å². The Kier molecular flexibility index (Phi) is 5.63. The quantitative estimate of drug-likeness (QED) is 0.445. The largest absolute Gasteiger partial charge is 0.496 e. The van der Waals surface area contributed by atoms with Crippen LogP contribution in [0.5, 0.6) is 5.75 Å². The number of ether oxygens (including phenoxy) is 1. The van der Waals surface area contributed by atoms with Crippen LogP contribution >= 0.6 is 23.1 Å². The Morgan fingerprint density at radius 3 is 2.53 bits per heavy atom. The van der Waals surface area contributed by atoms with Crippen molar-refractivity contribution in [1.29, 1.82) is 0 Å². The number of amides is 1. The molecule has 1 amide bonds. The third-order valence-electron chi connectivity index (χ3n) is 5.56. The van der Waals surface area contributed by atoms with Crippen LogP contribution < -0.4 is 9.64 Å². The predicted molar refractivity (Wildman–Crippen MR) is 127 cm³/mol. The van der Waals surface area contributed by atoms with Crippen molar-refractivity contribution in [2.75, 3.05) is 38.2 Å². The third-order valence-corrected chi connectivity index (χ3v) is 6.64. The van der Waals surface area contributed by atoms with E-state index in [4.69, 9.17) is 16.3 Å². The highest BCUT2D eigenvalue weighted by atomic mass is 35.5. The fourth-order valence-corrected chi connectivity index (χ4v) is 4.89. The second-order valence-corrected chi connectivity index (χ2v) is 8.60. The highest BCUT2D eigenvalue weighted by Crippen LogP contribution is 2.35. The molecule has 0 saturated carbocycles. The van der Waals surface area contributed by atoms with E-state index in [0.717, 1.165) is 27.3 Å². The summed E-state index contributed by atoms with van der Waals surface area (Å²) in [5, 5.41) is 0.684. The van der Waals surface area contributed by atoms with Gasteiger partial charge < -0.3 is 14.5 Å². The van der Waals surface area contributed by atoms with Gasteiger partial charge in [0.15, 0.2) is 5.82 Å². The molecule has 0 bridgehead atoms. The first kappa shape index (κ1) is 20.7. The van der Waals surface area contributed by atoms with Gasteiger partial charge in [-0.15, -0.1) is 0 Å². The van der Waals surface area contributed by atoms with Gasteiger partial charge in [0.25, 0.3) is 5.91 Å². The molecule has 3 heterocycles. The number of rotatable bonds is 4. The zero-order valence-corrected chi connectivity index (χ0v) is 18.9. The number of carbonyl (C=O) groups excluding carboxylic acids is 1. The second-order valence-electron chi connectivity index (χ2n) is 7.39. The summed E-state index contributed by atoms with van der Waals surface area (Å²) in [5.74, 6) is 1.44. The Balaban J connectivity index is 1.36. The van der Waals surface area contributed by atoms with E-state index in [0.29, 0.717) is 42.5 Å². The lowest BCUT2D eigenvalue weighted by Gasteiger charge is -2.35. The first-order valence-electron chi connectivity index (χ1n) is 10.2. The smallest absolute Gasteiger partial charge is 0.257 e. The number of halogens is 1. The van der Waals surface area contributed by atoms with Gasteiger partial charge in [0, 0.05) is 36.8 Å². The first-order chi connectivity index (χ1) is 15.7. The Morgan fingerprint density at radius 2 is 1.78 bits per heavy atom. The number of methoxy groups -OCH3 is 1. The van der Waals surface area contributed by atoms with Crippen LogP contribution in [0.4, 0.5) is 5.82 Å². The fraction of sp³-hybridized carbons (Fsp3) is 0.217. The standard InChI is InChI=1S/C23H20ClN5O2S/c1-31-18-5-3-2-4-17(18)23(30)29-12-10-28(11-13-29)22-21-20(25-14-26-22)19(27-32-21)15-6-8-16(24)9-7-15/h2-9,14H,10-13H2,1H3. The molecule has 9 heteroatoms. The molecule has 7 nitrogen and oxygen atoms in total. The van der Waals surface area contributed by atoms with Gasteiger partial charge in [-0.2, -0.15) is 4.37 Å². The minimum atomic E-state index is -0.0160. The summed E-state index contributed by atoms with van der Waals surface area (Å²) in [4.78, 5) is 26.1. The van der Waals surface area contributed by atoms with Crippen LogP contribution in [0.2, 0.25) is 5.02 Å². The van der Waals surface area contributed by atoms with E-state index in [-0.39, 0.29) is 5.91 Å². The third kappa shape index (κ3) is 3.76. The van der Waals surface area contributed by atoms with E-state index in [1.54, 1.807) is 19.5 Å². The molecule has 1 saturated heterocycles. The number of nitrogens with zero attached hydrogens (tertiary/aromatic N) is 5. The molecule has 2 aromatic carbocycles. The number of carbonyl (C=O) groups is 1. The average molecular weight is 466 g/mol. The van der Waals surface area contributed by atoms with E-state index in [1.807, 2.05) is 47.4 Å². The van der Waals surface area contributed by atoms with E-state index >= 15 is 0 Å². The number of anilines is 1. The minimum Gasteiger partial charge on any atom is -0.496 e. The number of aromatic nitrogens is 3. The van der Waals surface area contributed by atoms with E-state index < -0.39 is 0 Å². The van der Waals surface area contributed by atoms with E-state index in [9.17, 15) is 4.79 Å². The predicted octanol–water partition coefficient (Wildman–Crippen LogP) is 4.38. The summed E-state index contributed by atoms with van der Waals surface area (Å²) < 4.78 is 10.9.